The third-order valence-corrected chi connectivity index (χ3v) is 5.06. The first-order chi connectivity index (χ1) is 12.7. The van der Waals surface area contributed by atoms with Gasteiger partial charge >= 0.3 is 0 Å². The number of aryl methyl sites for hydroxylation is 1. The van der Waals surface area contributed by atoms with E-state index in [-0.39, 0.29) is 23.4 Å². The Hall–Kier alpha value is -2.77. The van der Waals surface area contributed by atoms with Crippen LogP contribution in [0.25, 0.3) is 0 Å². The van der Waals surface area contributed by atoms with Gasteiger partial charge in [-0.2, -0.15) is 5.10 Å². The molecule has 2 amide bonds. The van der Waals surface area contributed by atoms with Crippen LogP contribution in [0.3, 0.4) is 0 Å². The minimum absolute atomic E-state index is 0.218. The van der Waals surface area contributed by atoms with Crippen molar-refractivity contribution < 1.29 is 9.59 Å². The van der Waals surface area contributed by atoms with Gasteiger partial charge in [0.25, 0.3) is 5.91 Å². The van der Waals surface area contributed by atoms with Crippen molar-refractivity contribution in [2.45, 2.75) is 45.3 Å². The van der Waals surface area contributed by atoms with Gasteiger partial charge in [-0.3, -0.25) is 19.3 Å². The number of hydrogen-bond donors (Lipinski definition) is 1. The molecular formula is C18H22N6O2. The molecule has 26 heavy (non-hydrogen) atoms. The topological polar surface area (TPSA) is 93.0 Å². The summed E-state index contributed by atoms with van der Waals surface area (Å²) in [6, 6.07) is 1.98. The first kappa shape index (κ1) is 16.7. The van der Waals surface area contributed by atoms with Crippen molar-refractivity contribution in [3.05, 3.63) is 41.7 Å². The van der Waals surface area contributed by atoms with Gasteiger partial charge in [-0.05, 0) is 25.3 Å². The van der Waals surface area contributed by atoms with E-state index >= 15 is 0 Å². The van der Waals surface area contributed by atoms with Crippen molar-refractivity contribution in [2.24, 2.45) is 5.92 Å². The average Bonchev–Trinajstić information content (AvgIpc) is 2.89. The van der Waals surface area contributed by atoms with E-state index in [0.29, 0.717) is 13.1 Å². The Morgan fingerprint density at radius 1 is 1.19 bits per heavy atom. The lowest BCUT2D eigenvalue weighted by Gasteiger charge is -2.30. The molecule has 1 aliphatic carbocycles. The first-order valence-electron chi connectivity index (χ1n) is 9.09. The Morgan fingerprint density at radius 2 is 2.08 bits per heavy atom. The highest BCUT2D eigenvalue weighted by atomic mass is 16.2. The summed E-state index contributed by atoms with van der Waals surface area (Å²) in [5.74, 6) is 0.224. The maximum absolute atomic E-state index is 12.5. The second-order valence-corrected chi connectivity index (χ2v) is 6.86. The molecule has 3 heterocycles. The van der Waals surface area contributed by atoms with E-state index in [2.05, 4.69) is 20.4 Å². The lowest BCUT2D eigenvalue weighted by molar-refractivity contribution is -0.138. The van der Waals surface area contributed by atoms with E-state index in [0.717, 1.165) is 50.2 Å². The molecule has 0 bridgehead atoms. The van der Waals surface area contributed by atoms with Crippen molar-refractivity contribution in [1.29, 1.82) is 0 Å². The van der Waals surface area contributed by atoms with Gasteiger partial charge in [-0.15, -0.1) is 0 Å². The van der Waals surface area contributed by atoms with Crippen molar-refractivity contribution >= 4 is 11.8 Å². The Balaban J connectivity index is 1.40. The van der Waals surface area contributed by atoms with Crippen molar-refractivity contribution in [1.82, 2.24) is 30.0 Å². The SMILES string of the molecule is O=C(NCc1cc2n(n1)CCCN(C(=O)C1CCC1)C2)c1cnccn1. The Morgan fingerprint density at radius 3 is 2.81 bits per heavy atom. The van der Waals surface area contributed by atoms with Gasteiger partial charge in [-0.1, -0.05) is 6.42 Å². The highest BCUT2D eigenvalue weighted by Gasteiger charge is 2.30. The lowest BCUT2D eigenvalue weighted by atomic mass is 9.84. The van der Waals surface area contributed by atoms with Gasteiger partial charge in [0.1, 0.15) is 5.69 Å². The second kappa shape index (κ2) is 7.23. The van der Waals surface area contributed by atoms with Crippen molar-refractivity contribution in [3.63, 3.8) is 0 Å². The number of carbonyl (C=O) groups is 2. The number of nitrogens with zero attached hydrogens (tertiary/aromatic N) is 5. The summed E-state index contributed by atoms with van der Waals surface area (Å²) < 4.78 is 1.96. The van der Waals surface area contributed by atoms with Crippen LogP contribution in [0, 0.1) is 5.92 Å². The smallest absolute Gasteiger partial charge is 0.271 e. The van der Waals surface area contributed by atoms with Crippen LogP contribution in [0.15, 0.2) is 24.7 Å². The molecule has 2 aromatic rings. The van der Waals surface area contributed by atoms with E-state index in [4.69, 9.17) is 0 Å². The van der Waals surface area contributed by atoms with Crippen molar-refractivity contribution in [3.8, 4) is 0 Å². The summed E-state index contributed by atoms with van der Waals surface area (Å²) in [6.45, 7) is 2.51. The molecule has 1 aliphatic heterocycles. The number of nitrogens with one attached hydrogen (secondary N) is 1. The third kappa shape index (κ3) is 3.44. The lowest BCUT2D eigenvalue weighted by Crippen LogP contribution is -2.38. The quantitative estimate of drug-likeness (QED) is 0.889. The number of hydrogen-bond acceptors (Lipinski definition) is 5. The fraction of sp³-hybridized carbons (Fsp3) is 0.500. The predicted octanol–water partition coefficient (Wildman–Crippen LogP) is 1.14. The van der Waals surface area contributed by atoms with Crippen LogP contribution < -0.4 is 5.32 Å². The Bertz CT molecular complexity index is 799. The fourth-order valence-electron chi connectivity index (χ4n) is 3.39. The van der Waals surface area contributed by atoms with Crippen LogP contribution in [-0.4, -0.2) is 43.0 Å². The molecule has 8 nitrogen and oxygen atoms in total. The molecule has 2 aromatic heterocycles. The number of rotatable bonds is 4. The second-order valence-electron chi connectivity index (χ2n) is 6.86. The number of aromatic nitrogens is 4. The van der Waals surface area contributed by atoms with Gasteiger partial charge < -0.3 is 10.2 Å². The summed E-state index contributed by atoms with van der Waals surface area (Å²) in [7, 11) is 0. The monoisotopic (exact) mass is 354 g/mol. The maximum Gasteiger partial charge on any atom is 0.271 e. The molecule has 0 radical (unpaired) electrons. The standard InChI is InChI=1S/C18H22N6O2/c25-17(16-11-19-5-6-20-16)21-10-14-9-15-12-23(7-2-8-24(15)22-14)18(26)13-3-1-4-13/h5-6,9,11,13H,1-4,7-8,10,12H2,(H,21,25). The number of fused-ring (bicyclic) bond motifs is 1. The minimum Gasteiger partial charge on any atom is -0.345 e. The summed E-state index contributed by atoms with van der Waals surface area (Å²) in [4.78, 5) is 34.5. The van der Waals surface area contributed by atoms with Crippen LogP contribution in [0.4, 0.5) is 0 Å². The summed E-state index contributed by atoms with van der Waals surface area (Å²) in [6.07, 6.45) is 8.56. The highest BCUT2D eigenvalue weighted by Crippen LogP contribution is 2.29. The third-order valence-electron chi connectivity index (χ3n) is 5.06. The van der Waals surface area contributed by atoms with Crippen LogP contribution in [-0.2, 0) is 24.4 Å². The molecule has 0 aromatic carbocycles. The largest absolute Gasteiger partial charge is 0.345 e. The van der Waals surface area contributed by atoms with Gasteiger partial charge in [0.15, 0.2) is 0 Å². The van der Waals surface area contributed by atoms with E-state index in [1.807, 2.05) is 15.6 Å². The summed E-state index contributed by atoms with van der Waals surface area (Å²) in [5, 5.41) is 7.39. The van der Waals surface area contributed by atoms with Crippen LogP contribution in [0.2, 0.25) is 0 Å². The summed E-state index contributed by atoms with van der Waals surface area (Å²) >= 11 is 0. The molecule has 136 valence electrons. The van der Waals surface area contributed by atoms with Crippen molar-refractivity contribution in [2.75, 3.05) is 6.54 Å². The molecule has 0 spiro atoms. The average molecular weight is 354 g/mol. The zero-order valence-electron chi connectivity index (χ0n) is 14.6. The molecule has 0 saturated heterocycles. The number of carbonyl (C=O) groups excluding carboxylic acids is 2. The van der Waals surface area contributed by atoms with Gasteiger partial charge in [0.05, 0.1) is 30.7 Å². The van der Waals surface area contributed by atoms with Crippen LogP contribution >= 0.6 is 0 Å². The first-order valence-corrected chi connectivity index (χ1v) is 9.09. The molecule has 0 unspecified atom stereocenters. The Labute approximate surface area is 151 Å². The minimum atomic E-state index is -0.275. The molecule has 1 N–H and O–H groups in total. The molecule has 1 fully saturated rings. The summed E-state index contributed by atoms with van der Waals surface area (Å²) in [5.41, 5.74) is 2.10. The normalized spacial score (nSPS) is 17.2. The van der Waals surface area contributed by atoms with Gasteiger partial charge in [0.2, 0.25) is 5.91 Å². The molecule has 2 aliphatic rings. The van der Waals surface area contributed by atoms with E-state index in [9.17, 15) is 9.59 Å². The predicted molar refractivity (Wildman–Crippen MR) is 92.8 cm³/mol. The van der Waals surface area contributed by atoms with E-state index < -0.39 is 0 Å². The zero-order valence-corrected chi connectivity index (χ0v) is 14.6. The van der Waals surface area contributed by atoms with Gasteiger partial charge in [-0.25, -0.2) is 4.98 Å². The molecule has 1 saturated carbocycles. The van der Waals surface area contributed by atoms with E-state index in [1.165, 1.54) is 18.6 Å². The Kier molecular flexibility index (Phi) is 4.64. The molecule has 0 atom stereocenters. The van der Waals surface area contributed by atoms with E-state index in [1.54, 1.807) is 0 Å². The maximum atomic E-state index is 12.5. The fourth-order valence-corrected chi connectivity index (χ4v) is 3.39. The zero-order chi connectivity index (χ0) is 17.9. The molecular weight excluding hydrogens is 332 g/mol. The molecule has 4 rings (SSSR count). The number of amides is 2. The van der Waals surface area contributed by atoms with Gasteiger partial charge in [0, 0.05) is 31.4 Å². The van der Waals surface area contributed by atoms with Crippen LogP contribution in [0.5, 0.6) is 0 Å². The molecule has 8 heteroatoms. The highest BCUT2D eigenvalue weighted by molar-refractivity contribution is 5.91. The van der Waals surface area contributed by atoms with Crippen LogP contribution in [0.1, 0.15) is 47.6 Å².